The predicted molar refractivity (Wildman–Crippen MR) is 117 cm³/mol. The van der Waals surface area contributed by atoms with Crippen LogP contribution in [0.25, 0.3) is 11.1 Å². The summed E-state index contributed by atoms with van der Waals surface area (Å²) in [6.07, 6.45) is 7.39. The zero-order valence-corrected chi connectivity index (χ0v) is 16.5. The Morgan fingerprint density at radius 1 is 1.07 bits per heavy atom. The first kappa shape index (κ1) is 19.3. The molecule has 3 aromatic rings. The average Bonchev–Trinajstić information content (AvgIpc) is 2.77. The van der Waals surface area contributed by atoms with Gasteiger partial charge in [-0.2, -0.15) is 4.98 Å². The van der Waals surface area contributed by atoms with Crippen LogP contribution in [0.3, 0.4) is 0 Å². The number of nitrogens with two attached hydrogens (primary N) is 1. The van der Waals surface area contributed by atoms with Gasteiger partial charge in [-0.1, -0.05) is 12.1 Å². The molecule has 29 heavy (non-hydrogen) atoms. The van der Waals surface area contributed by atoms with Crippen LogP contribution in [0.4, 0.5) is 17.5 Å². The molecule has 0 unspecified atom stereocenters. The van der Waals surface area contributed by atoms with Crippen molar-refractivity contribution in [2.75, 3.05) is 43.8 Å². The second-order valence-corrected chi connectivity index (χ2v) is 7.24. The first-order chi connectivity index (χ1) is 14.3. The third-order valence-electron chi connectivity index (χ3n) is 5.16. The van der Waals surface area contributed by atoms with Gasteiger partial charge < -0.3 is 21.3 Å². The largest absolute Gasteiger partial charge is 0.383 e. The van der Waals surface area contributed by atoms with E-state index in [1.165, 1.54) is 0 Å². The Morgan fingerprint density at radius 2 is 1.90 bits per heavy atom. The monoisotopic (exact) mass is 389 g/mol. The zero-order valence-electron chi connectivity index (χ0n) is 16.5. The molecule has 3 heterocycles. The predicted octanol–water partition coefficient (Wildman–Crippen LogP) is 2.70. The Bertz CT molecular complexity index is 923. The van der Waals surface area contributed by atoms with E-state index in [4.69, 9.17) is 5.73 Å². The van der Waals surface area contributed by atoms with Gasteiger partial charge in [-0.3, -0.25) is 4.98 Å². The number of nitrogens with one attached hydrogen (secondary N) is 2. The molecule has 2 aromatic heterocycles. The molecule has 7 heteroatoms. The van der Waals surface area contributed by atoms with E-state index in [1.807, 2.05) is 30.5 Å². The Morgan fingerprint density at radius 3 is 2.69 bits per heavy atom. The molecule has 0 radical (unpaired) electrons. The van der Waals surface area contributed by atoms with Crippen LogP contribution in [-0.4, -0.2) is 52.6 Å². The van der Waals surface area contributed by atoms with E-state index in [1.54, 1.807) is 12.4 Å². The van der Waals surface area contributed by atoms with Crippen LogP contribution in [0.2, 0.25) is 0 Å². The van der Waals surface area contributed by atoms with Crippen LogP contribution in [0, 0.1) is 0 Å². The SMILES string of the molecule is Nc1nc(Nc2cccc(-c3ccncc3)c2)ncc1CCCN1CCNCC1. The number of aromatic nitrogens is 3. The molecule has 0 saturated carbocycles. The van der Waals surface area contributed by atoms with Crippen molar-refractivity contribution in [3.05, 3.63) is 60.6 Å². The van der Waals surface area contributed by atoms with Crippen LogP contribution in [0.5, 0.6) is 0 Å². The van der Waals surface area contributed by atoms with Crippen LogP contribution in [0.1, 0.15) is 12.0 Å². The van der Waals surface area contributed by atoms with E-state index in [0.29, 0.717) is 11.8 Å². The number of benzene rings is 1. The average molecular weight is 390 g/mol. The number of hydrogen-bond donors (Lipinski definition) is 3. The van der Waals surface area contributed by atoms with E-state index in [-0.39, 0.29) is 0 Å². The van der Waals surface area contributed by atoms with Gasteiger partial charge in [-0.15, -0.1) is 0 Å². The maximum atomic E-state index is 6.19. The summed E-state index contributed by atoms with van der Waals surface area (Å²) in [6.45, 7) is 5.48. The summed E-state index contributed by atoms with van der Waals surface area (Å²) in [5.41, 5.74) is 10.3. The molecule has 150 valence electrons. The number of nitrogen functional groups attached to an aromatic ring is 1. The van der Waals surface area contributed by atoms with Gasteiger partial charge in [0.25, 0.3) is 0 Å². The third-order valence-corrected chi connectivity index (χ3v) is 5.16. The van der Waals surface area contributed by atoms with E-state index in [2.05, 4.69) is 42.6 Å². The normalized spacial score (nSPS) is 14.6. The zero-order chi connectivity index (χ0) is 19.9. The van der Waals surface area contributed by atoms with E-state index < -0.39 is 0 Å². The molecule has 1 aliphatic rings. The highest BCUT2D eigenvalue weighted by molar-refractivity contribution is 5.69. The highest BCUT2D eigenvalue weighted by Crippen LogP contribution is 2.24. The van der Waals surface area contributed by atoms with Gasteiger partial charge in [0.1, 0.15) is 5.82 Å². The number of piperazine rings is 1. The Balaban J connectivity index is 1.37. The Kier molecular flexibility index (Phi) is 6.29. The highest BCUT2D eigenvalue weighted by atomic mass is 15.2. The van der Waals surface area contributed by atoms with Crippen molar-refractivity contribution in [2.45, 2.75) is 12.8 Å². The summed E-state index contributed by atoms with van der Waals surface area (Å²) in [5.74, 6) is 1.06. The fourth-order valence-corrected chi connectivity index (χ4v) is 3.55. The maximum absolute atomic E-state index is 6.19. The van der Waals surface area contributed by atoms with Crippen LogP contribution < -0.4 is 16.4 Å². The number of hydrogen-bond acceptors (Lipinski definition) is 7. The minimum Gasteiger partial charge on any atom is -0.383 e. The van der Waals surface area contributed by atoms with Crippen molar-refractivity contribution >= 4 is 17.5 Å². The quantitative estimate of drug-likeness (QED) is 0.572. The summed E-state index contributed by atoms with van der Waals surface area (Å²) < 4.78 is 0. The molecule has 1 aromatic carbocycles. The fourth-order valence-electron chi connectivity index (χ4n) is 3.55. The van der Waals surface area contributed by atoms with Gasteiger partial charge in [0.2, 0.25) is 5.95 Å². The van der Waals surface area contributed by atoms with Gasteiger partial charge in [-0.05, 0) is 54.8 Å². The lowest BCUT2D eigenvalue weighted by molar-refractivity contribution is 0.238. The van der Waals surface area contributed by atoms with Crippen molar-refractivity contribution in [3.8, 4) is 11.1 Å². The molecule has 0 atom stereocenters. The molecule has 0 bridgehead atoms. The van der Waals surface area contributed by atoms with E-state index >= 15 is 0 Å². The second-order valence-electron chi connectivity index (χ2n) is 7.24. The van der Waals surface area contributed by atoms with Crippen LogP contribution in [-0.2, 0) is 6.42 Å². The fraction of sp³-hybridized carbons (Fsp3) is 0.318. The number of pyridine rings is 1. The minimum atomic E-state index is 0.514. The van der Waals surface area contributed by atoms with Crippen LogP contribution >= 0.6 is 0 Å². The van der Waals surface area contributed by atoms with E-state index in [0.717, 1.165) is 67.9 Å². The smallest absolute Gasteiger partial charge is 0.229 e. The van der Waals surface area contributed by atoms with E-state index in [9.17, 15) is 0 Å². The first-order valence-electron chi connectivity index (χ1n) is 10.1. The lowest BCUT2D eigenvalue weighted by Gasteiger charge is -2.27. The maximum Gasteiger partial charge on any atom is 0.229 e. The van der Waals surface area contributed by atoms with Crippen molar-refractivity contribution in [3.63, 3.8) is 0 Å². The summed E-state index contributed by atoms with van der Waals surface area (Å²) in [4.78, 5) is 15.5. The lowest BCUT2D eigenvalue weighted by Crippen LogP contribution is -2.43. The Hall–Kier alpha value is -3.03. The molecular formula is C22H27N7. The molecule has 1 fully saturated rings. The van der Waals surface area contributed by atoms with Crippen molar-refractivity contribution in [1.29, 1.82) is 0 Å². The van der Waals surface area contributed by atoms with Gasteiger partial charge in [-0.25, -0.2) is 4.98 Å². The Labute approximate surface area is 171 Å². The summed E-state index contributed by atoms with van der Waals surface area (Å²) in [7, 11) is 0. The molecule has 0 spiro atoms. The topological polar surface area (TPSA) is 92.0 Å². The molecule has 7 nitrogen and oxygen atoms in total. The minimum absolute atomic E-state index is 0.514. The molecule has 4 rings (SSSR count). The standard InChI is InChI=1S/C22H27N7/c23-21-19(4-2-12-29-13-10-25-11-14-29)16-26-22(28-21)27-20-5-1-3-18(15-20)17-6-8-24-9-7-17/h1,3,5-9,15-16,25H,2,4,10-14H2,(H3,23,26,27,28). The number of aryl methyl sites for hydroxylation is 1. The van der Waals surface area contributed by atoms with Crippen molar-refractivity contribution in [1.82, 2.24) is 25.2 Å². The summed E-state index contributed by atoms with van der Waals surface area (Å²) in [6, 6.07) is 12.1. The molecule has 0 amide bonds. The number of rotatable bonds is 7. The van der Waals surface area contributed by atoms with Crippen molar-refractivity contribution < 1.29 is 0 Å². The molecule has 0 aliphatic carbocycles. The number of anilines is 3. The molecule has 1 saturated heterocycles. The third kappa shape index (κ3) is 5.28. The summed E-state index contributed by atoms with van der Waals surface area (Å²) in [5, 5.41) is 6.64. The van der Waals surface area contributed by atoms with Crippen LogP contribution in [0.15, 0.2) is 55.0 Å². The molecule has 4 N–H and O–H groups in total. The van der Waals surface area contributed by atoms with Gasteiger partial charge in [0.05, 0.1) is 0 Å². The van der Waals surface area contributed by atoms with Gasteiger partial charge >= 0.3 is 0 Å². The first-order valence-corrected chi connectivity index (χ1v) is 10.1. The van der Waals surface area contributed by atoms with Gasteiger partial charge in [0.15, 0.2) is 0 Å². The second kappa shape index (κ2) is 9.45. The van der Waals surface area contributed by atoms with Crippen molar-refractivity contribution in [2.24, 2.45) is 0 Å². The molecular weight excluding hydrogens is 362 g/mol. The van der Waals surface area contributed by atoms with Gasteiger partial charge in [0, 0.05) is 56.0 Å². The lowest BCUT2D eigenvalue weighted by atomic mass is 10.1. The molecule has 1 aliphatic heterocycles. The highest BCUT2D eigenvalue weighted by Gasteiger charge is 2.10. The summed E-state index contributed by atoms with van der Waals surface area (Å²) >= 11 is 0. The number of nitrogens with zero attached hydrogens (tertiary/aromatic N) is 4.